The molecule has 1 aliphatic rings. The van der Waals surface area contributed by atoms with Gasteiger partial charge >= 0.3 is 0 Å². The Morgan fingerprint density at radius 3 is 2.76 bits per heavy atom. The average molecular weight is 235 g/mol. The maximum absolute atomic E-state index is 5.34. The normalized spacial score (nSPS) is 12.8. The van der Waals surface area contributed by atoms with Gasteiger partial charge in [-0.2, -0.15) is 0 Å². The fourth-order valence-electron chi connectivity index (χ4n) is 1.97. The van der Waals surface area contributed by atoms with Crippen LogP contribution in [0.4, 0.5) is 5.69 Å². The van der Waals surface area contributed by atoms with E-state index < -0.39 is 0 Å². The largest absolute Gasteiger partial charge is 0.454 e. The molecule has 1 aliphatic heterocycles. The number of rotatable bonds is 7. The summed E-state index contributed by atoms with van der Waals surface area (Å²) in [5.74, 6) is 1.69. The Kier molecular flexibility index (Phi) is 4.54. The molecule has 0 fully saturated rings. The van der Waals surface area contributed by atoms with Crippen molar-refractivity contribution in [1.82, 2.24) is 0 Å². The molecule has 3 nitrogen and oxygen atoms in total. The molecule has 0 aromatic heterocycles. The lowest BCUT2D eigenvalue weighted by Gasteiger charge is -2.06. The second-order valence-corrected chi connectivity index (χ2v) is 4.41. The van der Waals surface area contributed by atoms with Gasteiger partial charge in [0.1, 0.15) is 0 Å². The Balaban J connectivity index is 1.69. The highest BCUT2D eigenvalue weighted by molar-refractivity contribution is 5.55. The van der Waals surface area contributed by atoms with Crippen LogP contribution in [0.3, 0.4) is 0 Å². The molecule has 1 aromatic carbocycles. The fraction of sp³-hybridized carbons (Fsp3) is 0.571. The minimum atomic E-state index is 0.343. The van der Waals surface area contributed by atoms with Gasteiger partial charge in [-0.15, -0.1) is 0 Å². The summed E-state index contributed by atoms with van der Waals surface area (Å²) in [7, 11) is 0. The van der Waals surface area contributed by atoms with E-state index in [-0.39, 0.29) is 0 Å². The molecule has 17 heavy (non-hydrogen) atoms. The number of unbranched alkanes of at least 4 members (excludes halogenated alkanes) is 4. The first kappa shape index (κ1) is 12.1. The van der Waals surface area contributed by atoms with Crippen molar-refractivity contribution in [2.24, 2.45) is 0 Å². The number of fused-ring (bicyclic) bond motifs is 1. The third-order valence-corrected chi connectivity index (χ3v) is 2.98. The number of hydrogen-bond donors (Lipinski definition) is 1. The molecular weight excluding hydrogens is 214 g/mol. The van der Waals surface area contributed by atoms with Crippen molar-refractivity contribution in [2.75, 3.05) is 18.7 Å². The first-order valence-corrected chi connectivity index (χ1v) is 6.53. The molecule has 94 valence electrons. The first-order chi connectivity index (χ1) is 8.40. The first-order valence-electron chi connectivity index (χ1n) is 6.53. The highest BCUT2D eigenvalue weighted by Crippen LogP contribution is 2.34. The monoisotopic (exact) mass is 235 g/mol. The quantitative estimate of drug-likeness (QED) is 0.729. The van der Waals surface area contributed by atoms with Gasteiger partial charge < -0.3 is 14.8 Å². The van der Waals surface area contributed by atoms with Gasteiger partial charge in [-0.1, -0.05) is 32.6 Å². The minimum Gasteiger partial charge on any atom is -0.454 e. The molecular formula is C14H21NO2. The number of hydrogen-bond acceptors (Lipinski definition) is 3. The molecule has 0 amide bonds. The predicted octanol–water partition coefficient (Wildman–Crippen LogP) is 3.80. The summed E-state index contributed by atoms with van der Waals surface area (Å²) < 4.78 is 10.6. The molecule has 2 rings (SSSR count). The van der Waals surface area contributed by atoms with E-state index in [9.17, 15) is 0 Å². The van der Waals surface area contributed by atoms with Crippen LogP contribution in [0.5, 0.6) is 11.5 Å². The summed E-state index contributed by atoms with van der Waals surface area (Å²) in [6.45, 7) is 3.62. The van der Waals surface area contributed by atoms with Crippen molar-refractivity contribution >= 4 is 5.69 Å². The highest BCUT2D eigenvalue weighted by atomic mass is 16.7. The third kappa shape index (κ3) is 3.55. The van der Waals surface area contributed by atoms with Crippen molar-refractivity contribution < 1.29 is 9.47 Å². The average Bonchev–Trinajstić information content (AvgIpc) is 2.81. The molecule has 0 saturated heterocycles. The van der Waals surface area contributed by atoms with Gasteiger partial charge in [-0.3, -0.25) is 0 Å². The van der Waals surface area contributed by atoms with Gasteiger partial charge in [0, 0.05) is 18.3 Å². The van der Waals surface area contributed by atoms with Crippen LogP contribution in [0.25, 0.3) is 0 Å². The van der Waals surface area contributed by atoms with E-state index in [0.29, 0.717) is 6.79 Å². The van der Waals surface area contributed by atoms with Crippen LogP contribution in [0, 0.1) is 0 Å². The molecule has 1 heterocycles. The van der Waals surface area contributed by atoms with E-state index in [1.165, 1.54) is 32.1 Å². The van der Waals surface area contributed by atoms with Gasteiger partial charge in [0.05, 0.1) is 0 Å². The van der Waals surface area contributed by atoms with Crippen LogP contribution in [0.2, 0.25) is 0 Å². The van der Waals surface area contributed by atoms with E-state index in [4.69, 9.17) is 9.47 Å². The van der Waals surface area contributed by atoms with Gasteiger partial charge in [0.25, 0.3) is 0 Å². The number of anilines is 1. The molecule has 3 heteroatoms. The lowest BCUT2D eigenvalue weighted by Crippen LogP contribution is -2.01. The second-order valence-electron chi connectivity index (χ2n) is 4.41. The Morgan fingerprint density at radius 1 is 1.06 bits per heavy atom. The molecule has 0 unspecified atom stereocenters. The molecule has 1 aromatic rings. The Morgan fingerprint density at radius 2 is 1.88 bits per heavy atom. The van der Waals surface area contributed by atoms with E-state index in [0.717, 1.165) is 23.7 Å². The van der Waals surface area contributed by atoms with Crippen LogP contribution in [0.1, 0.15) is 39.0 Å². The summed E-state index contributed by atoms with van der Waals surface area (Å²) in [6.07, 6.45) is 6.54. The SMILES string of the molecule is CCCCCCCNc1ccc2c(c1)OCO2. The van der Waals surface area contributed by atoms with Crippen LogP contribution < -0.4 is 14.8 Å². The zero-order chi connectivity index (χ0) is 11.9. The van der Waals surface area contributed by atoms with Crippen molar-refractivity contribution in [3.05, 3.63) is 18.2 Å². The molecule has 0 radical (unpaired) electrons. The molecule has 0 bridgehead atoms. The van der Waals surface area contributed by atoms with Gasteiger partial charge in [-0.25, -0.2) is 0 Å². The third-order valence-electron chi connectivity index (χ3n) is 2.98. The number of benzene rings is 1. The summed E-state index contributed by atoms with van der Waals surface area (Å²) in [5, 5.41) is 3.42. The maximum atomic E-state index is 5.34. The van der Waals surface area contributed by atoms with Crippen LogP contribution in [0.15, 0.2) is 18.2 Å². The van der Waals surface area contributed by atoms with E-state index in [1.54, 1.807) is 0 Å². The molecule has 0 atom stereocenters. The van der Waals surface area contributed by atoms with Crippen LogP contribution in [-0.4, -0.2) is 13.3 Å². The van der Waals surface area contributed by atoms with Gasteiger partial charge in [-0.05, 0) is 18.6 Å². The van der Waals surface area contributed by atoms with Gasteiger partial charge in [0.2, 0.25) is 6.79 Å². The van der Waals surface area contributed by atoms with Crippen molar-refractivity contribution in [2.45, 2.75) is 39.0 Å². The summed E-state index contributed by atoms with van der Waals surface area (Å²) in [5.41, 5.74) is 1.12. The molecule has 0 spiro atoms. The lowest BCUT2D eigenvalue weighted by atomic mass is 10.1. The number of ether oxygens (including phenoxy) is 2. The molecule has 0 saturated carbocycles. The standard InChI is InChI=1S/C14H21NO2/c1-2-3-4-5-6-9-15-12-7-8-13-14(10-12)17-11-16-13/h7-8,10,15H,2-6,9,11H2,1H3. The van der Waals surface area contributed by atoms with Crippen LogP contribution in [-0.2, 0) is 0 Å². The second kappa shape index (κ2) is 6.38. The predicted molar refractivity (Wildman–Crippen MR) is 69.8 cm³/mol. The Bertz CT molecular complexity index is 352. The summed E-state index contributed by atoms with van der Waals surface area (Å²) in [6, 6.07) is 6.01. The zero-order valence-corrected chi connectivity index (χ0v) is 10.5. The van der Waals surface area contributed by atoms with Crippen molar-refractivity contribution in [3.63, 3.8) is 0 Å². The fourth-order valence-corrected chi connectivity index (χ4v) is 1.97. The van der Waals surface area contributed by atoms with E-state index in [1.807, 2.05) is 18.2 Å². The lowest BCUT2D eigenvalue weighted by molar-refractivity contribution is 0.174. The maximum Gasteiger partial charge on any atom is 0.231 e. The minimum absolute atomic E-state index is 0.343. The van der Waals surface area contributed by atoms with Crippen molar-refractivity contribution in [1.29, 1.82) is 0 Å². The van der Waals surface area contributed by atoms with Gasteiger partial charge in [0.15, 0.2) is 11.5 Å². The summed E-state index contributed by atoms with van der Waals surface area (Å²) >= 11 is 0. The zero-order valence-electron chi connectivity index (χ0n) is 10.5. The van der Waals surface area contributed by atoms with Crippen molar-refractivity contribution in [3.8, 4) is 11.5 Å². The smallest absolute Gasteiger partial charge is 0.231 e. The number of nitrogens with one attached hydrogen (secondary N) is 1. The van der Waals surface area contributed by atoms with Crippen LogP contribution >= 0.6 is 0 Å². The molecule has 0 aliphatic carbocycles. The van der Waals surface area contributed by atoms with E-state index in [2.05, 4.69) is 12.2 Å². The highest BCUT2D eigenvalue weighted by Gasteiger charge is 2.12. The molecule has 1 N–H and O–H groups in total. The Labute approximate surface area is 103 Å². The Hall–Kier alpha value is -1.38. The van der Waals surface area contributed by atoms with E-state index >= 15 is 0 Å². The topological polar surface area (TPSA) is 30.5 Å². The summed E-state index contributed by atoms with van der Waals surface area (Å²) in [4.78, 5) is 0.